The molecule has 0 spiro atoms. The van der Waals surface area contributed by atoms with Crippen LogP contribution >= 0.6 is 0 Å². The monoisotopic (exact) mass is 429 g/mol. The maximum Gasteiger partial charge on any atom is 0.248 e. The Bertz CT molecular complexity index is 1120. The number of sulfonamides is 1. The lowest BCUT2D eigenvalue weighted by Crippen LogP contribution is -2.48. The Morgan fingerprint density at radius 1 is 1.07 bits per heavy atom. The standard InChI is InChI=1S/C20H23N5O4S/c26-30(27,17-12-23-28-13-17)25-9-7-24(8-10-25)15-5-6-19-18(11-15)20(22-14-21-19)29-16-3-1-2-4-16/h5-6,11-14,16H,1-4,7-10H2. The number of rotatable bonds is 5. The van der Waals surface area contributed by atoms with Crippen molar-refractivity contribution in [1.29, 1.82) is 0 Å². The van der Waals surface area contributed by atoms with E-state index in [1.54, 1.807) is 6.33 Å². The van der Waals surface area contributed by atoms with Crippen LogP contribution in [0.25, 0.3) is 10.9 Å². The summed E-state index contributed by atoms with van der Waals surface area (Å²) < 4.78 is 37.6. The summed E-state index contributed by atoms with van der Waals surface area (Å²) in [5.41, 5.74) is 1.85. The molecular weight excluding hydrogens is 406 g/mol. The highest BCUT2D eigenvalue weighted by molar-refractivity contribution is 7.89. The molecule has 0 unspecified atom stereocenters. The Kier molecular flexibility index (Phi) is 5.03. The Morgan fingerprint density at radius 3 is 2.60 bits per heavy atom. The van der Waals surface area contributed by atoms with Crippen LogP contribution in [-0.2, 0) is 10.0 Å². The average molecular weight is 430 g/mol. The van der Waals surface area contributed by atoms with E-state index in [0.717, 1.165) is 35.7 Å². The van der Waals surface area contributed by atoms with Crippen molar-refractivity contribution in [2.45, 2.75) is 36.7 Å². The van der Waals surface area contributed by atoms with Crippen LogP contribution in [0, 0.1) is 0 Å². The van der Waals surface area contributed by atoms with Gasteiger partial charge in [-0.2, -0.15) is 4.31 Å². The minimum Gasteiger partial charge on any atom is -0.474 e. The second kappa shape index (κ2) is 7.84. The van der Waals surface area contributed by atoms with Crippen molar-refractivity contribution in [2.24, 2.45) is 0 Å². The summed E-state index contributed by atoms with van der Waals surface area (Å²) in [6.07, 6.45) is 8.68. The predicted molar refractivity (Wildman–Crippen MR) is 110 cm³/mol. The topological polar surface area (TPSA) is 102 Å². The smallest absolute Gasteiger partial charge is 0.248 e. The fraction of sp³-hybridized carbons (Fsp3) is 0.450. The number of benzene rings is 1. The van der Waals surface area contributed by atoms with Gasteiger partial charge in [0.25, 0.3) is 0 Å². The molecule has 10 heteroatoms. The summed E-state index contributed by atoms with van der Waals surface area (Å²) in [5, 5.41) is 4.39. The van der Waals surface area contributed by atoms with Crippen LogP contribution in [0.2, 0.25) is 0 Å². The number of piperazine rings is 1. The summed E-state index contributed by atoms with van der Waals surface area (Å²) >= 11 is 0. The van der Waals surface area contributed by atoms with Crippen molar-refractivity contribution >= 4 is 26.6 Å². The summed E-state index contributed by atoms with van der Waals surface area (Å²) in [6, 6.07) is 6.02. The number of nitrogens with zero attached hydrogens (tertiary/aromatic N) is 5. The molecule has 1 aromatic carbocycles. The summed E-state index contributed by atoms with van der Waals surface area (Å²) in [4.78, 5) is 11.0. The Hall–Kier alpha value is -2.72. The fourth-order valence-corrected chi connectivity index (χ4v) is 5.42. The molecule has 5 rings (SSSR count). The molecule has 0 bridgehead atoms. The fourth-order valence-electron chi connectivity index (χ4n) is 4.13. The third kappa shape index (κ3) is 3.61. The normalized spacial score (nSPS) is 18.9. The zero-order valence-electron chi connectivity index (χ0n) is 16.5. The Labute approximate surface area is 174 Å². The highest BCUT2D eigenvalue weighted by Gasteiger charge is 2.30. The highest BCUT2D eigenvalue weighted by atomic mass is 32.2. The van der Waals surface area contributed by atoms with Crippen molar-refractivity contribution in [3.05, 3.63) is 37.0 Å². The summed E-state index contributed by atoms with van der Waals surface area (Å²) in [6.45, 7) is 1.95. The predicted octanol–water partition coefficient (Wildman–Crippen LogP) is 2.45. The number of aromatic nitrogens is 3. The van der Waals surface area contributed by atoms with E-state index in [4.69, 9.17) is 9.26 Å². The maximum atomic E-state index is 12.7. The molecule has 2 fully saturated rings. The van der Waals surface area contributed by atoms with Crippen molar-refractivity contribution in [1.82, 2.24) is 19.4 Å². The Balaban J connectivity index is 1.34. The van der Waals surface area contributed by atoms with Crippen molar-refractivity contribution < 1.29 is 17.7 Å². The van der Waals surface area contributed by atoms with Crippen LogP contribution < -0.4 is 9.64 Å². The van der Waals surface area contributed by atoms with Crippen LogP contribution in [0.3, 0.4) is 0 Å². The molecule has 0 radical (unpaired) electrons. The number of hydrogen-bond donors (Lipinski definition) is 0. The number of hydrogen-bond acceptors (Lipinski definition) is 8. The third-order valence-corrected chi connectivity index (χ3v) is 7.66. The van der Waals surface area contributed by atoms with Gasteiger partial charge in [-0.05, 0) is 43.9 Å². The first kappa shape index (κ1) is 19.3. The van der Waals surface area contributed by atoms with E-state index in [2.05, 4.69) is 20.0 Å². The van der Waals surface area contributed by atoms with Gasteiger partial charge in [-0.1, -0.05) is 5.16 Å². The number of anilines is 1. The molecular formula is C20H23N5O4S. The van der Waals surface area contributed by atoms with Gasteiger partial charge in [0.2, 0.25) is 15.9 Å². The lowest BCUT2D eigenvalue weighted by molar-refractivity contribution is 0.204. The molecule has 0 atom stereocenters. The quantitative estimate of drug-likeness (QED) is 0.610. The molecule has 9 nitrogen and oxygen atoms in total. The molecule has 1 aliphatic heterocycles. The van der Waals surface area contributed by atoms with E-state index in [0.29, 0.717) is 32.1 Å². The van der Waals surface area contributed by atoms with E-state index < -0.39 is 10.0 Å². The minimum absolute atomic E-state index is 0.0903. The minimum atomic E-state index is -3.57. The van der Waals surface area contributed by atoms with Gasteiger partial charge in [-0.15, -0.1) is 0 Å². The third-order valence-electron chi connectivity index (χ3n) is 5.81. The molecule has 3 heterocycles. The van der Waals surface area contributed by atoms with E-state index in [1.165, 1.54) is 23.3 Å². The first-order valence-electron chi connectivity index (χ1n) is 10.2. The van der Waals surface area contributed by atoms with Gasteiger partial charge in [0.1, 0.15) is 23.6 Å². The summed E-state index contributed by atoms with van der Waals surface area (Å²) in [7, 11) is -3.57. The lowest BCUT2D eigenvalue weighted by Gasteiger charge is -2.35. The van der Waals surface area contributed by atoms with Crippen molar-refractivity contribution in [3.8, 4) is 5.88 Å². The van der Waals surface area contributed by atoms with Crippen molar-refractivity contribution in [2.75, 3.05) is 31.1 Å². The lowest BCUT2D eigenvalue weighted by atomic mass is 10.2. The number of ether oxygens (including phenoxy) is 1. The van der Waals surface area contributed by atoms with E-state index >= 15 is 0 Å². The molecule has 1 aliphatic carbocycles. The Morgan fingerprint density at radius 2 is 1.87 bits per heavy atom. The largest absolute Gasteiger partial charge is 0.474 e. The van der Waals surface area contributed by atoms with Crippen LogP contribution in [0.5, 0.6) is 5.88 Å². The second-order valence-electron chi connectivity index (χ2n) is 7.66. The average Bonchev–Trinajstić information content (AvgIpc) is 3.49. The molecule has 0 N–H and O–H groups in total. The van der Waals surface area contributed by atoms with Gasteiger partial charge in [-0.25, -0.2) is 18.4 Å². The maximum absolute atomic E-state index is 12.7. The molecule has 0 amide bonds. The van der Waals surface area contributed by atoms with Crippen molar-refractivity contribution in [3.63, 3.8) is 0 Å². The zero-order chi connectivity index (χ0) is 20.6. The molecule has 158 valence electrons. The molecule has 1 saturated heterocycles. The van der Waals surface area contributed by atoms with Crippen LogP contribution in [0.4, 0.5) is 5.69 Å². The molecule has 3 aromatic rings. The molecule has 2 aromatic heterocycles. The zero-order valence-corrected chi connectivity index (χ0v) is 17.3. The van der Waals surface area contributed by atoms with Crippen LogP contribution in [-0.4, -0.2) is 60.1 Å². The van der Waals surface area contributed by atoms with E-state index in [9.17, 15) is 8.42 Å². The van der Waals surface area contributed by atoms with Gasteiger partial charge in [-0.3, -0.25) is 0 Å². The van der Waals surface area contributed by atoms with E-state index in [-0.39, 0.29) is 11.0 Å². The first-order valence-corrected chi connectivity index (χ1v) is 11.6. The second-order valence-corrected chi connectivity index (χ2v) is 9.59. The number of fused-ring (bicyclic) bond motifs is 1. The molecule has 2 aliphatic rings. The molecule has 30 heavy (non-hydrogen) atoms. The van der Waals surface area contributed by atoms with Gasteiger partial charge in [0.15, 0.2) is 0 Å². The summed E-state index contributed by atoms with van der Waals surface area (Å²) in [5.74, 6) is 0.627. The van der Waals surface area contributed by atoms with E-state index in [1.807, 2.05) is 18.2 Å². The highest BCUT2D eigenvalue weighted by Crippen LogP contribution is 2.31. The molecule has 1 saturated carbocycles. The van der Waals surface area contributed by atoms with Gasteiger partial charge >= 0.3 is 0 Å². The first-order chi connectivity index (χ1) is 14.6. The van der Waals surface area contributed by atoms with Gasteiger partial charge in [0.05, 0.1) is 17.1 Å². The SMILES string of the molecule is O=S(=O)(c1cnoc1)N1CCN(c2ccc3ncnc(OC4CCCC4)c3c2)CC1. The van der Waals surface area contributed by atoms with Gasteiger partial charge in [0, 0.05) is 31.9 Å². The van der Waals surface area contributed by atoms with Crippen LogP contribution in [0.15, 0.2) is 46.4 Å². The van der Waals surface area contributed by atoms with Crippen LogP contribution in [0.1, 0.15) is 25.7 Å². The van der Waals surface area contributed by atoms with Gasteiger partial charge < -0.3 is 14.2 Å².